The van der Waals surface area contributed by atoms with Crippen LogP contribution in [-0.2, 0) is 36.9 Å². The highest BCUT2D eigenvalue weighted by Gasteiger charge is 2.61. The minimum Gasteiger partial charge on any atom is -0.479 e. The lowest BCUT2D eigenvalue weighted by molar-refractivity contribution is -0.145. The van der Waals surface area contributed by atoms with Crippen molar-refractivity contribution in [1.82, 2.24) is 20.4 Å². The van der Waals surface area contributed by atoms with E-state index in [4.69, 9.17) is 9.47 Å². The zero-order valence-corrected chi connectivity index (χ0v) is 25.4. The number of fused-ring (bicyclic) bond motifs is 3. The van der Waals surface area contributed by atoms with Crippen LogP contribution in [0.1, 0.15) is 81.8 Å². The van der Waals surface area contributed by atoms with Gasteiger partial charge in [0.2, 0.25) is 11.8 Å². The third-order valence-corrected chi connectivity index (χ3v) is 9.86. The fraction of sp³-hybridized carbons (Fsp3) is 0.606. The van der Waals surface area contributed by atoms with Crippen molar-refractivity contribution in [2.24, 2.45) is 5.92 Å². The number of aliphatic carboxylic acids is 1. The van der Waals surface area contributed by atoms with Gasteiger partial charge in [0.25, 0.3) is 0 Å². The molecule has 6 rings (SSSR count). The molecule has 3 N–H and O–H groups in total. The molecule has 2 aliphatic carbocycles. The van der Waals surface area contributed by atoms with Crippen LogP contribution in [0.2, 0.25) is 0 Å². The van der Waals surface area contributed by atoms with Crippen LogP contribution in [0.3, 0.4) is 0 Å². The first-order valence-electron chi connectivity index (χ1n) is 16.3. The third-order valence-electron chi connectivity index (χ3n) is 9.86. The molecule has 3 fully saturated rings. The van der Waals surface area contributed by atoms with Crippen LogP contribution in [0.25, 0.3) is 0 Å². The van der Waals surface area contributed by atoms with E-state index in [2.05, 4.69) is 10.6 Å². The highest BCUT2D eigenvalue weighted by atomic mass is 16.6. The van der Waals surface area contributed by atoms with Crippen LogP contribution in [-0.4, -0.2) is 81.3 Å². The average molecular weight is 623 g/mol. The Morgan fingerprint density at radius 3 is 2.36 bits per heavy atom. The summed E-state index contributed by atoms with van der Waals surface area (Å²) < 4.78 is 11.4. The number of allylic oxidation sites excluding steroid dienone is 1. The molecule has 1 aromatic carbocycles. The van der Waals surface area contributed by atoms with Gasteiger partial charge in [0.05, 0.1) is 6.54 Å². The van der Waals surface area contributed by atoms with Crippen LogP contribution < -0.4 is 10.6 Å². The van der Waals surface area contributed by atoms with Gasteiger partial charge in [0.15, 0.2) is 0 Å². The smallest absolute Gasteiger partial charge is 0.410 e. The molecule has 0 bridgehead atoms. The summed E-state index contributed by atoms with van der Waals surface area (Å²) in [7, 11) is 0. The topological polar surface area (TPSA) is 155 Å². The van der Waals surface area contributed by atoms with Gasteiger partial charge in [-0.2, -0.15) is 0 Å². The lowest BCUT2D eigenvalue weighted by Crippen LogP contribution is -2.56. The van der Waals surface area contributed by atoms with E-state index in [9.17, 15) is 29.1 Å². The Labute approximate surface area is 262 Å². The van der Waals surface area contributed by atoms with Gasteiger partial charge < -0.3 is 30.1 Å². The van der Waals surface area contributed by atoms with E-state index in [0.717, 1.165) is 56.1 Å². The van der Waals surface area contributed by atoms with Gasteiger partial charge in [0, 0.05) is 25.4 Å². The molecule has 242 valence electrons. The number of carbonyl (C=O) groups excluding carboxylic acids is 4. The van der Waals surface area contributed by atoms with E-state index in [1.54, 1.807) is 4.90 Å². The molecule has 3 heterocycles. The maximum atomic E-state index is 14.1. The van der Waals surface area contributed by atoms with E-state index in [0.29, 0.717) is 25.9 Å². The monoisotopic (exact) mass is 622 g/mol. The van der Waals surface area contributed by atoms with Crippen molar-refractivity contribution >= 4 is 30.0 Å². The van der Waals surface area contributed by atoms with Crippen LogP contribution in [0.4, 0.5) is 9.59 Å². The molecule has 0 aromatic heterocycles. The molecule has 3 aliphatic heterocycles. The van der Waals surface area contributed by atoms with Gasteiger partial charge >= 0.3 is 18.2 Å². The fourth-order valence-corrected chi connectivity index (χ4v) is 7.16. The zero-order valence-electron chi connectivity index (χ0n) is 25.4. The predicted octanol–water partition coefficient (Wildman–Crippen LogP) is 3.63. The molecular formula is C33H42N4O8. The molecule has 2 saturated carbocycles. The maximum absolute atomic E-state index is 14.1. The van der Waals surface area contributed by atoms with Crippen LogP contribution >= 0.6 is 0 Å². The number of carboxylic acids is 1. The van der Waals surface area contributed by atoms with E-state index < -0.39 is 53.7 Å². The van der Waals surface area contributed by atoms with Gasteiger partial charge in [-0.25, -0.2) is 14.4 Å². The van der Waals surface area contributed by atoms with Gasteiger partial charge in [-0.3, -0.25) is 14.5 Å². The molecule has 0 spiro atoms. The quantitative estimate of drug-likeness (QED) is 0.430. The fourth-order valence-electron chi connectivity index (χ4n) is 7.16. The minimum absolute atomic E-state index is 0.0134. The van der Waals surface area contributed by atoms with Crippen molar-refractivity contribution in [3.8, 4) is 0 Å². The number of hydrogen-bond donors (Lipinski definition) is 3. The number of carboxylic acid groups (broad SMARTS) is 1. The molecule has 45 heavy (non-hydrogen) atoms. The molecule has 5 aliphatic rings. The SMILES string of the molecule is O=C(N[C@H]1CCCCC/C=C\[C@H]2C[C@@]2(C(=O)O)NC(=O)[C@@H]2C[C@@H](OC(=O)N3Cc4ccccc4C3)CN2C1=O)OC1CCCC1. The zero-order chi connectivity index (χ0) is 31.6. The lowest BCUT2D eigenvalue weighted by Gasteiger charge is -2.29. The van der Waals surface area contributed by atoms with Crippen molar-refractivity contribution in [2.45, 2.75) is 114 Å². The molecule has 0 radical (unpaired) electrons. The van der Waals surface area contributed by atoms with Gasteiger partial charge in [0.1, 0.15) is 29.8 Å². The Kier molecular flexibility index (Phi) is 9.00. The predicted molar refractivity (Wildman–Crippen MR) is 161 cm³/mol. The Bertz CT molecular complexity index is 1330. The third kappa shape index (κ3) is 6.79. The summed E-state index contributed by atoms with van der Waals surface area (Å²) in [5, 5.41) is 15.5. The highest BCUT2D eigenvalue weighted by molar-refractivity contribution is 5.96. The summed E-state index contributed by atoms with van der Waals surface area (Å²) in [6.45, 7) is 0.752. The Balaban J connectivity index is 1.20. The second-order valence-electron chi connectivity index (χ2n) is 13.0. The standard InChI is InChI=1S/C33H42N4O8/c38-28-27-16-25(45-32(43)36-18-21-10-6-7-11-22(21)19-36)20-37(27)29(39)26(34-31(42)44-24-13-8-9-14-24)15-5-3-1-2-4-12-23-17-33(23,35-28)30(40)41/h4,6-7,10-12,23-27H,1-3,5,8-9,13-20H2,(H,34,42)(H,35,38)(H,40,41)/b12-4-/t23-,25+,26-,27-,33+/m0/s1. The van der Waals surface area contributed by atoms with Crippen molar-refractivity contribution in [3.05, 3.63) is 47.5 Å². The number of rotatable bonds is 4. The number of amides is 4. The molecule has 0 unspecified atom stereocenters. The summed E-state index contributed by atoms with van der Waals surface area (Å²) >= 11 is 0. The lowest BCUT2D eigenvalue weighted by atomic mass is 10.0. The van der Waals surface area contributed by atoms with Crippen LogP contribution in [0.15, 0.2) is 36.4 Å². The first-order chi connectivity index (χ1) is 21.7. The number of benzene rings is 1. The Hall–Kier alpha value is -4.09. The molecule has 12 heteroatoms. The summed E-state index contributed by atoms with van der Waals surface area (Å²) in [6.07, 6.45) is 8.86. The Morgan fingerprint density at radius 1 is 0.933 bits per heavy atom. The van der Waals surface area contributed by atoms with E-state index in [1.807, 2.05) is 36.4 Å². The molecule has 1 aromatic rings. The summed E-state index contributed by atoms with van der Waals surface area (Å²) in [4.78, 5) is 69.2. The molecular weight excluding hydrogens is 580 g/mol. The number of ether oxygens (including phenoxy) is 2. The number of nitrogens with zero attached hydrogens (tertiary/aromatic N) is 2. The van der Waals surface area contributed by atoms with Crippen molar-refractivity contribution in [1.29, 1.82) is 0 Å². The molecule has 1 saturated heterocycles. The Morgan fingerprint density at radius 2 is 1.64 bits per heavy atom. The van der Waals surface area contributed by atoms with Crippen molar-refractivity contribution in [2.75, 3.05) is 6.54 Å². The maximum Gasteiger partial charge on any atom is 0.410 e. The number of carbonyl (C=O) groups is 5. The number of hydrogen-bond acceptors (Lipinski definition) is 7. The van der Waals surface area contributed by atoms with Crippen LogP contribution in [0.5, 0.6) is 0 Å². The van der Waals surface area contributed by atoms with E-state index in [1.165, 1.54) is 4.90 Å². The summed E-state index contributed by atoms with van der Waals surface area (Å²) in [5.74, 6) is -2.57. The number of alkyl carbamates (subject to hydrolysis) is 1. The van der Waals surface area contributed by atoms with Crippen LogP contribution in [0, 0.1) is 5.92 Å². The van der Waals surface area contributed by atoms with Crippen molar-refractivity contribution < 1.29 is 38.6 Å². The van der Waals surface area contributed by atoms with Gasteiger partial charge in [-0.05, 0) is 62.5 Å². The van der Waals surface area contributed by atoms with E-state index >= 15 is 0 Å². The normalized spacial score (nSPS) is 31.0. The largest absolute Gasteiger partial charge is 0.479 e. The van der Waals surface area contributed by atoms with Gasteiger partial charge in [-0.15, -0.1) is 0 Å². The second kappa shape index (κ2) is 13.1. The van der Waals surface area contributed by atoms with Gasteiger partial charge in [-0.1, -0.05) is 49.3 Å². The second-order valence-corrected chi connectivity index (χ2v) is 13.0. The van der Waals surface area contributed by atoms with E-state index in [-0.39, 0.29) is 31.4 Å². The first kappa shape index (κ1) is 30.9. The summed E-state index contributed by atoms with van der Waals surface area (Å²) in [6, 6.07) is 5.73. The highest BCUT2D eigenvalue weighted by Crippen LogP contribution is 2.45. The molecule has 5 atom stereocenters. The number of nitrogens with one attached hydrogen (secondary N) is 2. The first-order valence-corrected chi connectivity index (χ1v) is 16.3. The summed E-state index contributed by atoms with van der Waals surface area (Å²) in [5.41, 5.74) is 0.628. The molecule has 12 nitrogen and oxygen atoms in total. The van der Waals surface area contributed by atoms with Crippen molar-refractivity contribution in [3.63, 3.8) is 0 Å². The minimum atomic E-state index is -1.44. The average Bonchev–Trinajstić information content (AvgIpc) is 3.43. The molecule has 4 amide bonds.